The molecule has 0 aliphatic rings. The molecule has 1 aromatic rings. The summed E-state index contributed by atoms with van der Waals surface area (Å²) in [5.41, 5.74) is 5.43. The number of tetrazole rings is 1. The van der Waals surface area contributed by atoms with Crippen LogP contribution in [-0.2, 0) is 17.7 Å². The van der Waals surface area contributed by atoms with Crippen molar-refractivity contribution in [2.75, 3.05) is 20.3 Å². The molecule has 0 aromatic carbocycles. The van der Waals surface area contributed by atoms with E-state index in [1.54, 1.807) is 7.11 Å². The average molecular weight is 213 g/mol. The Hall–Kier alpha value is -1.01. The van der Waals surface area contributed by atoms with E-state index in [0.29, 0.717) is 0 Å². The van der Waals surface area contributed by atoms with Crippen LogP contribution in [0.4, 0.5) is 0 Å². The van der Waals surface area contributed by atoms with Gasteiger partial charge in [0.05, 0.1) is 0 Å². The molecule has 0 saturated carbocycles. The molecule has 0 aliphatic carbocycles. The molecular formula is C9H19N5O. The highest BCUT2D eigenvalue weighted by atomic mass is 16.5. The van der Waals surface area contributed by atoms with Crippen LogP contribution in [0, 0.1) is 0 Å². The van der Waals surface area contributed by atoms with Crippen molar-refractivity contribution in [3.63, 3.8) is 0 Å². The van der Waals surface area contributed by atoms with Crippen molar-refractivity contribution < 1.29 is 4.74 Å². The number of nitrogens with zero attached hydrogens (tertiary/aromatic N) is 4. The highest BCUT2D eigenvalue weighted by Crippen LogP contribution is 2.00. The van der Waals surface area contributed by atoms with Gasteiger partial charge < -0.3 is 10.5 Å². The summed E-state index contributed by atoms with van der Waals surface area (Å²) < 4.78 is 6.84. The molecule has 2 N–H and O–H groups in total. The number of hydrogen-bond donors (Lipinski definition) is 1. The van der Waals surface area contributed by atoms with Crippen LogP contribution in [0.1, 0.15) is 25.1 Å². The lowest BCUT2D eigenvalue weighted by Gasteiger charge is -2.03. The highest BCUT2D eigenvalue weighted by Gasteiger charge is 2.04. The first-order chi connectivity index (χ1) is 7.38. The first-order valence-corrected chi connectivity index (χ1v) is 5.32. The van der Waals surface area contributed by atoms with Gasteiger partial charge in [0.2, 0.25) is 0 Å². The van der Waals surface area contributed by atoms with Gasteiger partial charge in [0, 0.05) is 26.7 Å². The van der Waals surface area contributed by atoms with E-state index >= 15 is 0 Å². The lowest BCUT2D eigenvalue weighted by Crippen LogP contribution is -2.09. The molecule has 0 saturated heterocycles. The molecule has 0 unspecified atom stereocenters. The lowest BCUT2D eigenvalue weighted by molar-refractivity contribution is 0.194. The summed E-state index contributed by atoms with van der Waals surface area (Å²) in [7, 11) is 1.70. The van der Waals surface area contributed by atoms with Gasteiger partial charge in [0.15, 0.2) is 5.82 Å². The van der Waals surface area contributed by atoms with E-state index in [2.05, 4.69) is 15.5 Å². The maximum atomic E-state index is 5.43. The molecule has 0 atom stereocenters. The van der Waals surface area contributed by atoms with Crippen LogP contribution >= 0.6 is 0 Å². The van der Waals surface area contributed by atoms with Crippen molar-refractivity contribution in [3.05, 3.63) is 5.82 Å². The van der Waals surface area contributed by atoms with Crippen LogP contribution in [0.25, 0.3) is 0 Å². The Kier molecular flexibility index (Phi) is 5.87. The molecule has 1 heterocycles. The summed E-state index contributed by atoms with van der Waals surface area (Å²) >= 11 is 0. The number of unbranched alkanes of at least 4 members (excludes halogenated alkanes) is 1. The average Bonchev–Trinajstić information content (AvgIpc) is 2.67. The molecule has 6 heteroatoms. The second-order valence-electron chi connectivity index (χ2n) is 3.41. The van der Waals surface area contributed by atoms with Crippen molar-refractivity contribution in [1.29, 1.82) is 0 Å². The number of nitrogens with two attached hydrogens (primary N) is 1. The molecular weight excluding hydrogens is 194 g/mol. The molecule has 0 fully saturated rings. The van der Waals surface area contributed by atoms with Crippen molar-refractivity contribution in [2.45, 2.75) is 32.2 Å². The molecule has 0 bridgehead atoms. The van der Waals surface area contributed by atoms with E-state index in [9.17, 15) is 0 Å². The zero-order valence-electron chi connectivity index (χ0n) is 9.22. The fourth-order valence-electron chi connectivity index (χ4n) is 1.36. The maximum Gasteiger partial charge on any atom is 0.151 e. The largest absolute Gasteiger partial charge is 0.385 e. The van der Waals surface area contributed by atoms with Crippen molar-refractivity contribution in [3.8, 4) is 0 Å². The van der Waals surface area contributed by atoms with Gasteiger partial charge in [-0.15, -0.1) is 5.10 Å². The van der Waals surface area contributed by atoms with E-state index in [0.717, 1.165) is 51.2 Å². The fourth-order valence-corrected chi connectivity index (χ4v) is 1.36. The number of aromatic nitrogens is 4. The van der Waals surface area contributed by atoms with Gasteiger partial charge in [-0.3, -0.25) is 0 Å². The van der Waals surface area contributed by atoms with Gasteiger partial charge >= 0.3 is 0 Å². The minimum atomic E-state index is 0.723. The molecule has 0 amide bonds. The zero-order valence-corrected chi connectivity index (χ0v) is 9.22. The van der Waals surface area contributed by atoms with Crippen LogP contribution in [0.5, 0.6) is 0 Å². The lowest BCUT2D eigenvalue weighted by atomic mass is 10.3. The van der Waals surface area contributed by atoms with E-state index in [4.69, 9.17) is 10.5 Å². The zero-order chi connectivity index (χ0) is 10.9. The van der Waals surface area contributed by atoms with Gasteiger partial charge in [0.25, 0.3) is 0 Å². The summed E-state index contributed by atoms with van der Waals surface area (Å²) in [4.78, 5) is 0. The monoisotopic (exact) mass is 213 g/mol. The minimum absolute atomic E-state index is 0.723. The number of aryl methyl sites for hydroxylation is 2. The van der Waals surface area contributed by atoms with Crippen LogP contribution in [0.15, 0.2) is 0 Å². The van der Waals surface area contributed by atoms with E-state index in [1.165, 1.54) is 0 Å². The third-order valence-electron chi connectivity index (χ3n) is 2.18. The first kappa shape index (κ1) is 12.1. The Bertz CT molecular complexity index is 238. The number of ether oxygens (including phenoxy) is 1. The number of hydrogen-bond acceptors (Lipinski definition) is 5. The smallest absolute Gasteiger partial charge is 0.151 e. The maximum absolute atomic E-state index is 5.43. The molecule has 0 spiro atoms. The van der Waals surface area contributed by atoms with Crippen LogP contribution in [0.3, 0.4) is 0 Å². The molecule has 6 nitrogen and oxygen atoms in total. The summed E-state index contributed by atoms with van der Waals surface area (Å²) in [5.74, 6) is 0.934. The SMILES string of the molecule is COCCCc1nnnn1CCCCN. The Morgan fingerprint density at radius 1 is 1.33 bits per heavy atom. The summed E-state index contributed by atoms with van der Waals surface area (Å²) in [6, 6.07) is 0. The normalized spacial score (nSPS) is 10.8. The Morgan fingerprint density at radius 3 is 2.93 bits per heavy atom. The second kappa shape index (κ2) is 7.30. The molecule has 86 valence electrons. The molecule has 1 aromatic heterocycles. The number of rotatable bonds is 8. The summed E-state index contributed by atoms with van der Waals surface area (Å²) in [5, 5.41) is 11.6. The Morgan fingerprint density at radius 2 is 2.20 bits per heavy atom. The summed E-state index contributed by atoms with van der Waals surface area (Å²) in [6.45, 7) is 2.32. The summed E-state index contributed by atoms with van der Waals surface area (Å²) in [6.07, 6.45) is 3.85. The van der Waals surface area contributed by atoms with Gasteiger partial charge in [-0.05, 0) is 36.2 Å². The van der Waals surface area contributed by atoms with Gasteiger partial charge in [-0.25, -0.2) is 4.68 Å². The van der Waals surface area contributed by atoms with Gasteiger partial charge in [0.1, 0.15) is 0 Å². The third-order valence-corrected chi connectivity index (χ3v) is 2.18. The van der Waals surface area contributed by atoms with E-state index in [1.807, 2.05) is 4.68 Å². The van der Waals surface area contributed by atoms with Crippen molar-refractivity contribution >= 4 is 0 Å². The first-order valence-electron chi connectivity index (χ1n) is 5.32. The van der Waals surface area contributed by atoms with Crippen LogP contribution in [-0.4, -0.2) is 40.5 Å². The molecule has 15 heavy (non-hydrogen) atoms. The van der Waals surface area contributed by atoms with Crippen LogP contribution in [0.2, 0.25) is 0 Å². The standard InChI is InChI=1S/C9H19N5O/c1-15-8-4-5-9-11-12-13-14(9)7-3-2-6-10/h2-8,10H2,1H3. The quantitative estimate of drug-likeness (QED) is 0.614. The van der Waals surface area contributed by atoms with Crippen molar-refractivity contribution in [2.24, 2.45) is 5.73 Å². The fraction of sp³-hybridized carbons (Fsp3) is 0.889. The van der Waals surface area contributed by atoms with E-state index in [-0.39, 0.29) is 0 Å². The van der Waals surface area contributed by atoms with Crippen molar-refractivity contribution in [1.82, 2.24) is 20.2 Å². The predicted molar refractivity (Wildman–Crippen MR) is 56.3 cm³/mol. The topological polar surface area (TPSA) is 78.9 Å². The van der Waals surface area contributed by atoms with Gasteiger partial charge in [-0.2, -0.15) is 0 Å². The second-order valence-corrected chi connectivity index (χ2v) is 3.41. The Labute approximate surface area is 89.8 Å². The third kappa shape index (κ3) is 4.35. The Balaban J connectivity index is 2.32. The number of methoxy groups -OCH3 is 1. The van der Waals surface area contributed by atoms with Gasteiger partial charge in [-0.1, -0.05) is 0 Å². The van der Waals surface area contributed by atoms with Crippen LogP contribution < -0.4 is 5.73 Å². The van der Waals surface area contributed by atoms with E-state index < -0.39 is 0 Å². The molecule has 0 radical (unpaired) electrons. The minimum Gasteiger partial charge on any atom is -0.385 e. The highest BCUT2D eigenvalue weighted by molar-refractivity contribution is 4.80. The molecule has 1 rings (SSSR count). The predicted octanol–water partition coefficient (Wildman–Crippen LogP) is -0.00900. The molecule has 0 aliphatic heterocycles.